The number of aryl methyl sites for hydroxylation is 1. The van der Waals surface area contributed by atoms with Gasteiger partial charge in [-0.1, -0.05) is 0 Å². The summed E-state index contributed by atoms with van der Waals surface area (Å²) in [4.78, 5) is 21.1. The summed E-state index contributed by atoms with van der Waals surface area (Å²) in [6.45, 7) is 1.36. The molecule has 0 radical (unpaired) electrons. The summed E-state index contributed by atoms with van der Waals surface area (Å²) in [5.41, 5.74) is 1.19. The average molecular weight is 345 g/mol. The van der Waals surface area contributed by atoms with Crippen LogP contribution in [0.3, 0.4) is 0 Å². The van der Waals surface area contributed by atoms with Crippen molar-refractivity contribution >= 4 is 16.9 Å². The van der Waals surface area contributed by atoms with Gasteiger partial charge in [0.1, 0.15) is 11.7 Å². The molecule has 25 heavy (non-hydrogen) atoms. The fourth-order valence-corrected chi connectivity index (χ4v) is 2.63. The molecule has 0 aliphatic rings. The van der Waals surface area contributed by atoms with Gasteiger partial charge in [0.2, 0.25) is 5.82 Å². The second-order valence-electron chi connectivity index (χ2n) is 6.02. The average Bonchev–Trinajstić information content (AvgIpc) is 3.07. The van der Waals surface area contributed by atoms with Crippen LogP contribution in [0, 0.1) is 15.5 Å². The van der Waals surface area contributed by atoms with Gasteiger partial charge in [-0.05, 0) is 19.0 Å². The van der Waals surface area contributed by atoms with Crippen LogP contribution in [-0.2, 0) is 20.6 Å². The largest absolute Gasteiger partial charge is 0.358 e. The first-order valence-electron chi connectivity index (χ1n) is 7.59. The van der Waals surface area contributed by atoms with E-state index < -0.39 is 4.92 Å². The number of nitrogens with zero attached hydrogens (tertiary/aromatic N) is 8. The maximum atomic E-state index is 11.1. The normalized spacial score (nSPS) is 11.6. The molecule has 0 atom stereocenters. The van der Waals surface area contributed by atoms with Gasteiger partial charge >= 0.3 is 5.82 Å². The zero-order valence-corrected chi connectivity index (χ0v) is 14.5. The van der Waals surface area contributed by atoms with Crippen molar-refractivity contribution < 1.29 is 4.92 Å². The summed E-state index contributed by atoms with van der Waals surface area (Å²) in [5.74, 6) is 0.197. The van der Waals surface area contributed by atoms with Gasteiger partial charge in [0, 0.05) is 20.1 Å². The van der Waals surface area contributed by atoms with Gasteiger partial charge < -0.3 is 19.6 Å². The Labute approximate surface area is 142 Å². The summed E-state index contributed by atoms with van der Waals surface area (Å²) in [6.07, 6.45) is 2.80. The molecule has 3 aromatic rings. The van der Waals surface area contributed by atoms with E-state index >= 15 is 0 Å². The standard InChI is InChI=1S/C14H19N9O2/c1-19(2)5-6-22-8-17-13-10(12(22)15)11(18-21(13)4)14-16-7-9(20(14)3)23(24)25/h7-8,15H,5-6H2,1-4H3. The minimum Gasteiger partial charge on any atom is -0.358 e. The molecule has 1 N–H and O–H groups in total. The van der Waals surface area contributed by atoms with Gasteiger partial charge in [0.25, 0.3) is 0 Å². The number of hydrogen-bond acceptors (Lipinski definition) is 7. The Balaban J connectivity index is 2.21. The van der Waals surface area contributed by atoms with Gasteiger partial charge in [-0.25, -0.2) is 19.2 Å². The number of imidazole rings is 1. The van der Waals surface area contributed by atoms with E-state index in [4.69, 9.17) is 5.41 Å². The third kappa shape index (κ3) is 2.78. The smallest absolute Gasteiger partial charge is 0.342 e. The second-order valence-corrected chi connectivity index (χ2v) is 6.02. The molecule has 0 bridgehead atoms. The zero-order chi connectivity index (χ0) is 18.3. The third-order valence-electron chi connectivity index (χ3n) is 4.01. The monoisotopic (exact) mass is 345 g/mol. The zero-order valence-electron chi connectivity index (χ0n) is 14.5. The quantitative estimate of drug-likeness (QED) is 0.517. The predicted molar refractivity (Wildman–Crippen MR) is 89.8 cm³/mol. The number of hydrogen-bond donors (Lipinski definition) is 1. The number of nitrogens with one attached hydrogen (secondary N) is 1. The molecule has 0 fully saturated rings. The predicted octanol–water partition coefficient (Wildman–Crippen LogP) is 0.120. The SMILES string of the molecule is CN(C)CCn1cnc2c(c(-c3ncc([N+](=O)[O-])n3C)nn2C)c1=N. The Morgan fingerprint density at radius 3 is 2.64 bits per heavy atom. The maximum absolute atomic E-state index is 11.1. The highest BCUT2D eigenvalue weighted by atomic mass is 16.6. The van der Waals surface area contributed by atoms with Crippen molar-refractivity contribution in [3.8, 4) is 11.5 Å². The molecular formula is C14H19N9O2. The highest BCUT2D eigenvalue weighted by molar-refractivity contribution is 5.88. The molecule has 3 aromatic heterocycles. The molecule has 0 aliphatic heterocycles. The Morgan fingerprint density at radius 2 is 2.04 bits per heavy atom. The van der Waals surface area contributed by atoms with Crippen LogP contribution < -0.4 is 5.49 Å². The van der Waals surface area contributed by atoms with Crippen LogP contribution in [0.15, 0.2) is 12.5 Å². The van der Waals surface area contributed by atoms with E-state index in [0.29, 0.717) is 29.1 Å². The minimum atomic E-state index is -0.501. The Bertz CT molecular complexity index is 1010. The van der Waals surface area contributed by atoms with E-state index in [9.17, 15) is 10.1 Å². The highest BCUT2D eigenvalue weighted by Crippen LogP contribution is 2.25. The van der Waals surface area contributed by atoms with Gasteiger partial charge in [-0.2, -0.15) is 5.10 Å². The van der Waals surface area contributed by atoms with Crippen LogP contribution in [0.5, 0.6) is 0 Å². The van der Waals surface area contributed by atoms with Crippen LogP contribution in [0.1, 0.15) is 0 Å². The molecule has 3 heterocycles. The van der Waals surface area contributed by atoms with Gasteiger partial charge in [0.05, 0.1) is 18.8 Å². The highest BCUT2D eigenvalue weighted by Gasteiger charge is 2.24. The summed E-state index contributed by atoms with van der Waals surface area (Å²) >= 11 is 0. The summed E-state index contributed by atoms with van der Waals surface area (Å²) in [7, 11) is 7.19. The van der Waals surface area contributed by atoms with Crippen molar-refractivity contribution in [2.45, 2.75) is 6.54 Å². The van der Waals surface area contributed by atoms with Crippen LogP contribution in [0.25, 0.3) is 22.6 Å². The van der Waals surface area contributed by atoms with E-state index in [1.807, 2.05) is 19.0 Å². The topological polar surface area (TPSA) is 124 Å². The van der Waals surface area contributed by atoms with E-state index in [1.54, 1.807) is 29.7 Å². The van der Waals surface area contributed by atoms with Crippen molar-refractivity contribution in [3.05, 3.63) is 28.1 Å². The fraction of sp³-hybridized carbons (Fsp3) is 0.429. The molecule has 0 aliphatic carbocycles. The Kier molecular flexibility index (Phi) is 4.08. The number of fused-ring (bicyclic) bond motifs is 1. The van der Waals surface area contributed by atoms with E-state index in [1.165, 1.54) is 10.8 Å². The molecular weight excluding hydrogens is 326 g/mol. The molecule has 132 valence electrons. The van der Waals surface area contributed by atoms with Crippen LogP contribution >= 0.6 is 0 Å². The lowest BCUT2D eigenvalue weighted by molar-refractivity contribution is -0.391. The van der Waals surface area contributed by atoms with E-state index in [0.717, 1.165) is 6.54 Å². The van der Waals surface area contributed by atoms with E-state index in [-0.39, 0.29) is 11.3 Å². The van der Waals surface area contributed by atoms with Crippen LogP contribution in [-0.4, -0.2) is 59.3 Å². The third-order valence-corrected chi connectivity index (χ3v) is 4.01. The van der Waals surface area contributed by atoms with Crippen molar-refractivity contribution in [2.24, 2.45) is 14.1 Å². The number of aromatic nitrogens is 6. The summed E-state index contributed by atoms with van der Waals surface area (Å²) in [5, 5.41) is 24.5. The van der Waals surface area contributed by atoms with Crippen LogP contribution in [0.2, 0.25) is 0 Å². The second kappa shape index (κ2) is 6.09. The first-order chi connectivity index (χ1) is 11.8. The minimum absolute atomic E-state index is 0.135. The lowest BCUT2D eigenvalue weighted by Crippen LogP contribution is -2.27. The molecule has 0 saturated heterocycles. The van der Waals surface area contributed by atoms with Gasteiger partial charge in [0.15, 0.2) is 11.3 Å². The molecule has 3 rings (SSSR count). The lowest BCUT2D eigenvalue weighted by atomic mass is 10.2. The molecule has 0 amide bonds. The van der Waals surface area contributed by atoms with Crippen molar-refractivity contribution in [1.29, 1.82) is 5.41 Å². The number of rotatable bonds is 5. The first kappa shape index (κ1) is 16.8. The van der Waals surface area contributed by atoms with Crippen molar-refractivity contribution in [3.63, 3.8) is 0 Å². The number of nitro groups is 1. The summed E-state index contributed by atoms with van der Waals surface area (Å²) < 4.78 is 4.64. The molecule has 11 heteroatoms. The summed E-state index contributed by atoms with van der Waals surface area (Å²) in [6, 6.07) is 0. The van der Waals surface area contributed by atoms with Gasteiger partial charge in [-0.3, -0.25) is 5.41 Å². The van der Waals surface area contributed by atoms with Crippen LogP contribution in [0.4, 0.5) is 5.82 Å². The number of likely N-dealkylation sites (N-methyl/N-ethyl adjacent to an activating group) is 1. The maximum Gasteiger partial charge on any atom is 0.342 e. The molecule has 11 nitrogen and oxygen atoms in total. The van der Waals surface area contributed by atoms with Crippen molar-refractivity contribution in [1.82, 2.24) is 33.8 Å². The fourth-order valence-electron chi connectivity index (χ4n) is 2.63. The van der Waals surface area contributed by atoms with Crippen molar-refractivity contribution in [2.75, 3.05) is 20.6 Å². The Hall–Kier alpha value is -3.08. The lowest BCUT2D eigenvalue weighted by Gasteiger charge is -2.11. The molecule has 0 unspecified atom stereocenters. The molecule has 0 spiro atoms. The van der Waals surface area contributed by atoms with E-state index in [2.05, 4.69) is 15.1 Å². The van der Waals surface area contributed by atoms with Gasteiger partial charge in [-0.15, -0.1) is 0 Å². The molecule has 0 saturated carbocycles. The molecule has 0 aromatic carbocycles. The first-order valence-corrected chi connectivity index (χ1v) is 7.59. The Morgan fingerprint density at radius 1 is 1.32 bits per heavy atom.